The SMILES string of the molecule is CC(F)(C(F)(F)F)C(F)(F)C(F)(F)C(F)(F)C(F)(F)C(F)(F)C(F)(F)C(F)(F)C(=O)O. The van der Waals surface area contributed by atoms with Crippen LogP contribution >= 0.6 is 0 Å². The number of aliphatic carboxylic acids is 1. The van der Waals surface area contributed by atoms with Gasteiger partial charge in [0.15, 0.2) is 0 Å². The lowest BCUT2D eigenvalue weighted by Gasteiger charge is -2.44. The van der Waals surface area contributed by atoms with Crippen LogP contribution in [0.15, 0.2) is 0 Å². The number of halogens is 18. The predicted octanol–water partition coefficient (Wildman–Crippen LogP) is 5.81. The second kappa shape index (κ2) is 6.85. The lowest BCUT2D eigenvalue weighted by Crippen LogP contribution is -2.76. The lowest BCUT2D eigenvalue weighted by molar-refractivity contribution is -0.454. The molecule has 0 bridgehead atoms. The van der Waals surface area contributed by atoms with Crippen LogP contribution in [0.3, 0.4) is 0 Å². The van der Waals surface area contributed by atoms with Crippen LogP contribution in [0.25, 0.3) is 0 Å². The highest BCUT2D eigenvalue weighted by molar-refractivity contribution is 5.77. The van der Waals surface area contributed by atoms with Gasteiger partial charge in [0, 0.05) is 0 Å². The molecule has 1 unspecified atom stereocenters. The lowest BCUT2D eigenvalue weighted by atomic mass is 9.84. The number of hydrogen-bond acceptors (Lipinski definition) is 1. The minimum atomic E-state index is -8.82. The predicted molar refractivity (Wildman–Crippen MR) is 57.8 cm³/mol. The largest absolute Gasteiger partial charge is 0.477 e. The molecule has 0 fully saturated rings. The number of carboxylic acid groups (broad SMARTS) is 1. The van der Waals surface area contributed by atoms with Gasteiger partial charge < -0.3 is 5.11 Å². The van der Waals surface area contributed by atoms with Gasteiger partial charge in [-0.1, -0.05) is 0 Å². The minimum Gasteiger partial charge on any atom is -0.477 e. The van der Waals surface area contributed by atoms with Gasteiger partial charge in [0.25, 0.3) is 5.67 Å². The van der Waals surface area contributed by atoms with E-state index in [0.29, 0.717) is 0 Å². The van der Waals surface area contributed by atoms with Crippen LogP contribution in [-0.4, -0.2) is 64.4 Å². The van der Waals surface area contributed by atoms with Crippen molar-refractivity contribution < 1.29 is 88.9 Å². The summed E-state index contributed by atoms with van der Waals surface area (Å²) in [5.41, 5.74) is -6.90. The monoisotopic (exact) mass is 510 g/mol. The Morgan fingerprint density at radius 1 is 0.484 bits per heavy atom. The fraction of sp³-hybridized carbons (Fsp3) is 0.909. The van der Waals surface area contributed by atoms with E-state index < -0.39 is 66.2 Å². The van der Waals surface area contributed by atoms with Crippen molar-refractivity contribution in [3.8, 4) is 0 Å². The zero-order valence-corrected chi connectivity index (χ0v) is 13.7. The third kappa shape index (κ3) is 3.34. The summed E-state index contributed by atoms with van der Waals surface area (Å²) < 4.78 is 233. The van der Waals surface area contributed by atoms with Crippen LogP contribution in [0, 0.1) is 0 Å². The number of alkyl halides is 18. The van der Waals surface area contributed by atoms with Gasteiger partial charge >= 0.3 is 53.6 Å². The molecule has 0 spiro atoms. The normalized spacial score (nSPS) is 18.0. The molecule has 0 saturated carbocycles. The molecule has 0 aromatic rings. The summed E-state index contributed by atoms with van der Waals surface area (Å²) in [5.74, 6) is -63.1. The van der Waals surface area contributed by atoms with E-state index in [1.807, 2.05) is 0 Å². The summed E-state index contributed by atoms with van der Waals surface area (Å²) in [7, 11) is 0. The summed E-state index contributed by atoms with van der Waals surface area (Å²) in [6.07, 6.45) is -7.28. The molecule has 0 radical (unpaired) electrons. The van der Waals surface area contributed by atoms with Crippen molar-refractivity contribution in [3.63, 3.8) is 0 Å². The third-order valence-corrected chi connectivity index (χ3v) is 3.76. The Labute approximate surface area is 156 Å². The second-order valence-electron chi connectivity index (χ2n) is 5.83. The Bertz CT molecular complexity index is 702. The maximum atomic E-state index is 13.3. The van der Waals surface area contributed by atoms with E-state index in [0.717, 1.165) is 0 Å². The Hall–Kier alpha value is -1.79. The fourth-order valence-electron chi connectivity index (χ4n) is 1.59. The van der Waals surface area contributed by atoms with Gasteiger partial charge in [-0.15, -0.1) is 0 Å². The number of hydrogen-bond donors (Lipinski definition) is 1. The Morgan fingerprint density at radius 3 is 0.935 bits per heavy atom. The first-order valence-electron chi connectivity index (χ1n) is 6.58. The highest BCUT2D eigenvalue weighted by Crippen LogP contribution is 2.64. The first kappa shape index (κ1) is 29.2. The molecule has 0 rings (SSSR count). The third-order valence-electron chi connectivity index (χ3n) is 3.76. The van der Waals surface area contributed by atoms with E-state index in [2.05, 4.69) is 0 Å². The molecule has 31 heavy (non-hydrogen) atoms. The van der Waals surface area contributed by atoms with E-state index in [4.69, 9.17) is 5.11 Å². The molecule has 0 aromatic heterocycles. The number of carboxylic acids is 1. The number of carbonyl (C=O) groups is 1. The average molecular weight is 510 g/mol. The summed E-state index contributed by atoms with van der Waals surface area (Å²) in [5, 5.41) is 7.66. The quantitative estimate of drug-likeness (QED) is 0.419. The zero-order valence-electron chi connectivity index (χ0n) is 13.7. The van der Waals surface area contributed by atoms with Gasteiger partial charge in [0.2, 0.25) is 0 Å². The highest BCUT2D eigenvalue weighted by Gasteiger charge is 2.96. The van der Waals surface area contributed by atoms with Gasteiger partial charge in [0.05, 0.1) is 0 Å². The van der Waals surface area contributed by atoms with E-state index in [-0.39, 0.29) is 0 Å². The molecule has 0 aliphatic carbocycles. The minimum absolute atomic E-state index is 1.64. The molecular formula is C11H4F18O2. The van der Waals surface area contributed by atoms with Crippen molar-refractivity contribution >= 4 is 5.97 Å². The van der Waals surface area contributed by atoms with Crippen LogP contribution in [0.2, 0.25) is 0 Å². The zero-order chi connectivity index (χ0) is 26.1. The molecule has 0 aliphatic rings. The summed E-state index contributed by atoms with van der Waals surface area (Å²) >= 11 is 0. The molecule has 2 nitrogen and oxygen atoms in total. The van der Waals surface area contributed by atoms with Crippen LogP contribution in [-0.2, 0) is 4.79 Å². The van der Waals surface area contributed by atoms with Crippen LogP contribution < -0.4 is 0 Å². The van der Waals surface area contributed by atoms with Gasteiger partial charge in [-0.3, -0.25) is 0 Å². The molecule has 0 saturated heterocycles. The topological polar surface area (TPSA) is 37.3 Å². The van der Waals surface area contributed by atoms with Crippen molar-refractivity contribution in [2.75, 3.05) is 0 Å². The summed E-state index contributed by atoms with van der Waals surface area (Å²) in [6.45, 7) is -1.64. The van der Waals surface area contributed by atoms with E-state index in [1.54, 1.807) is 0 Å². The smallest absolute Gasteiger partial charge is 0.428 e. The number of rotatable bonds is 8. The average Bonchev–Trinajstić information content (AvgIpc) is 2.52. The summed E-state index contributed by atoms with van der Waals surface area (Å²) in [6, 6.07) is 0. The molecule has 1 atom stereocenters. The van der Waals surface area contributed by atoms with E-state index >= 15 is 0 Å². The van der Waals surface area contributed by atoms with E-state index in [1.165, 1.54) is 0 Å². The van der Waals surface area contributed by atoms with Gasteiger partial charge in [-0.05, 0) is 6.92 Å². The van der Waals surface area contributed by atoms with Crippen molar-refractivity contribution in [3.05, 3.63) is 0 Å². The van der Waals surface area contributed by atoms with Crippen LogP contribution in [0.5, 0.6) is 0 Å². The second-order valence-corrected chi connectivity index (χ2v) is 5.83. The van der Waals surface area contributed by atoms with E-state index in [9.17, 15) is 83.8 Å². The van der Waals surface area contributed by atoms with Crippen molar-refractivity contribution in [2.45, 2.75) is 60.2 Å². The molecule has 0 amide bonds. The van der Waals surface area contributed by atoms with Crippen LogP contribution in [0.1, 0.15) is 6.92 Å². The Kier molecular flexibility index (Phi) is 6.46. The molecule has 20 heteroatoms. The first-order chi connectivity index (χ1) is 12.9. The highest BCUT2D eigenvalue weighted by atomic mass is 19.4. The maximum Gasteiger partial charge on any atom is 0.428 e. The molecule has 0 aromatic carbocycles. The van der Waals surface area contributed by atoms with Crippen molar-refractivity contribution in [2.24, 2.45) is 0 Å². The van der Waals surface area contributed by atoms with Gasteiger partial charge in [-0.25, -0.2) is 9.18 Å². The van der Waals surface area contributed by atoms with Gasteiger partial charge in [0.1, 0.15) is 0 Å². The fourth-order valence-corrected chi connectivity index (χ4v) is 1.59. The Balaban J connectivity index is 6.95. The summed E-state index contributed by atoms with van der Waals surface area (Å²) in [4.78, 5) is 9.85. The molecule has 1 N–H and O–H groups in total. The van der Waals surface area contributed by atoms with Crippen molar-refractivity contribution in [1.29, 1.82) is 0 Å². The van der Waals surface area contributed by atoms with Crippen LogP contribution in [0.4, 0.5) is 79.0 Å². The molecular weight excluding hydrogens is 506 g/mol. The maximum absolute atomic E-state index is 13.3. The molecule has 0 aliphatic heterocycles. The molecule has 0 heterocycles. The van der Waals surface area contributed by atoms with Crippen molar-refractivity contribution in [1.82, 2.24) is 0 Å². The standard InChI is InChI=1S/C11H4F18O2/c1-3(12,11(27,28)29)5(15,16)7(19,20)9(23,24)10(25,26)8(21,22)6(17,18)4(13,14)2(30)31/h1H3,(H,30,31). The Morgan fingerprint density at radius 2 is 0.710 bits per heavy atom. The first-order valence-corrected chi connectivity index (χ1v) is 6.58. The van der Waals surface area contributed by atoms with Gasteiger partial charge in [-0.2, -0.15) is 74.6 Å². The molecule has 186 valence electrons.